The van der Waals surface area contributed by atoms with Crippen molar-refractivity contribution < 1.29 is 13.6 Å². The van der Waals surface area contributed by atoms with Crippen LogP contribution in [-0.4, -0.2) is 28.7 Å². The zero-order valence-corrected chi connectivity index (χ0v) is 12.0. The van der Waals surface area contributed by atoms with Gasteiger partial charge in [0, 0.05) is 23.5 Å². The van der Waals surface area contributed by atoms with Crippen molar-refractivity contribution in [2.24, 2.45) is 0 Å². The first-order chi connectivity index (χ1) is 8.47. The molecule has 0 fully saturated rings. The van der Waals surface area contributed by atoms with E-state index in [1.807, 2.05) is 13.8 Å². The predicted molar refractivity (Wildman–Crippen MR) is 70.9 cm³/mol. The number of hydrogen-bond acceptors (Lipinski definition) is 1. The third-order valence-corrected chi connectivity index (χ3v) is 3.14. The Morgan fingerprint density at radius 2 is 2.00 bits per heavy atom. The highest BCUT2D eigenvalue weighted by atomic mass is 79.9. The molecule has 0 aliphatic heterocycles. The molecule has 0 aliphatic carbocycles. The van der Waals surface area contributed by atoms with Crippen LogP contribution in [-0.2, 0) is 0 Å². The lowest BCUT2D eigenvalue weighted by Gasteiger charge is -2.26. The summed E-state index contributed by atoms with van der Waals surface area (Å²) >= 11 is 3.31. The van der Waals surface area contributed by atoms with Crippen LogP contribution in [0.3, 0.4) is 0 Å². The van der Waals surface area contributed by atoms with Crippen LogP contribution in [0.4, 0.5) is 8.78 Å². The Morgan fingerprint density at radius 3 is 2.50 bits per heavy atom. The third-order valence-electron chi connectivity index (χ3n) is 2.58. The van der Waals surface area contributed by atoms with Gasteiger partial charge in [0.15, 0.2) is 11.6 Å². The molecule has 0 heterocycles. The van der Waals surface area contributed by atoms with E-state index in [0.717, 1.165) is 23.9 Å². The van der Waals surface area contributed by atoms with E-state index in [9.17, 15) is 13.6 Å². The van der Waals surface area contributed by atoms with E-state index in [1.165, 1.54) is 6.07 Å². The maximum atomic E-state index is 13.1. The standard InChI is InChI=1S/C13H16BrF2NO/c1-9(2)17(7-3-6-14)13(18)10-4-5-11(15)12(16)8-10/h4-5,8-9H,3,6-7H2,1-2H3. The third kappa shape index (κ3) is 3.77. The number of benzene rings is 1. The zero-order valence-electron chi connectivity index (χ0n) is 10.4. The molecule has 2 nitrogen and oxygen atoms in total. The largest absolute Gasteiger partial charge is 0.336 e. The van der Waals surface area contributed by atoms with Crippen molar-refractivity contribution in [2.45, 2.75) is 26.3 Å². The Morgan fingerprint density at radius 1 is 1.33 bits per heavy atom. The van der Waals surface area contributed by atoms with Gasteiger partial charge in [-0.3, -0.25) is 4.79 Å². The van der Waals surface area contributed by atoms with Gasteiger partial charge in [0.25, 0.3) is 5.91 Å². The van der Waals surface area contributed by atoms with Gasteiger partial charge in [0.1, 0.15) is 0 Å². The number of alkyl halides is 1. The molecule has 1 aromatic rings. The fourth-order valence-electron chi connectivity index (χ4n) is 1.62. The number of rotatable bonds is 5. The average molecular weight is 320 g/mol. The normalized spacial score (nSPS) is 10.8. The highest BCUT2D eigenvalue weighted by Gasteiger charge is 2.19. The van der Waals surface area contributed by atoms with Crippen LogP contribution in [0, 0.1) is 11.6 Å². The lowest BCUT2D eigenvalue weighted by molar-refractivity contribution is 0.0706. The summed E-state index contributed by atoms with van der Waals surface area (Å²) < 4.78 is 25.9. The highest BCUT2D eigenvalue weighted by molar-refractivity contribution is 9.09. The maximum Gasteiger partial charge on any atom is 0.254 e. The van der Waals surface area contributed by atoms with E-state index in [4.69, 9.17) is 0 Å². The van der Waals surface area contributed by atoms with E-state index in [2.05, 4.69) is 15.9 Å². The van der Waals surface area contributed by atoms with Gasteiger partial charge in [-0.1, -0.05) is 15.9 Å². The summed E-state index contributed by atoms with van der Waals surface area (Å²) in [5, 5.41) is 0.793. The quantitative estimate of drug-likeness (QED) is 0.759. The van der Waals surface area contributed by atoms with E-state index < -0.39 is 11.6 Å². The molecule has 1 aromatic carbocycles. The number of hydrogen-bond donors (Lipinski definition) is 0. The van der Waals surface area contributed by atoms with Crippen LogP contribution in [0.1, 0.15) is 30.6 Å². The lowest BCUT2D eigenvalue weighted by atomic mass is 10.1. The van der Waals surface area contributed by atoms with Crippen molar-refractivity contribution in [3.8, 4) is 0 Å². The van der Waals surface area contributed by atoms with E-state index in [1.54, 1.807) is 4.90 Å². The Hall–Kier alpha value is -0.970. The fourth-order valence-corrected chi connectivity index (χ4v) is 1.87. The van der Waals surface area contributed by atoms with Gasteiger partial charge in [-0.05, 0) is 38.5 Å². The number of carbonyl (C=O) groups excluding carboxylic acids is 1. The molecular formula is C13H16BrF2NO. The summed E-state index contributed by atoms with van der Waals surface area (Å²) in [6.45, 7) is 4.37. The highest BCUT2D eigenvalue weighted by Crippen LogP contribution is 2.13. The van der Waals surface area contributed by atoms with Crippen molar-refractivity contribution >= 4 is 21.8 Å². The molecule has 0 saturated heterocycles. The summed E-state index contributed by atoms with van der Waals surface area (Å²) in [5.74, 6) is -2.21. The molecule has 0 atom stereocenters. The molecule has 18 heavy (non-hydrogen) atoms. The van der Waals surface area contributed by atoms with Gasteiger partial charge in [-0.2, -0.15) is 0 Å². The van der Waals surface area contributed by atoms with Gasteiger partial charge in [-0.15, -0.1) is 0 Å². The summed E-state index contributed by atoms with van der Waals surface area (Å²) in [7, 11) is 0. The topological polar surface area (TPSA) is 20.3 Å². The first-order valence-corrected chi connectivity index (χ1v) is 6.91. The average Bonchev–Trinajstić information content (AvgIpc) is 2.32. The second-order valence-electron chi connectivity index (χ2n) is 4.26. The van der Waals surface area contributed by atoms with Crippen LogP contribution in [0.2, 0.25) is 0 Å². The van der Waals surface area contributed by atoms with Gasteiger partial charge < -0.3 is 4.90 Å². The first-order valence-electron chi connectivity index (χ1n) is 5.79. The van der Waals surface area contributed by atoms with E-state index >= 15 is 0 Å². The first kappa shape index (κ1) is 15.1. The second kappa shape index (κ2) is 6.83. The molecule has 0 unspecified atom stereocenters. The molecule has 0 aliphatic rings. The molecule has 0 N–H and O–H groups in total. The maximum absolute atomic E-state index is 13.1. The minimum Gasteiger partial charge on any atom is -0.336 e. The van der Waals surface area contributed by atoms with Gasteiger partial charge in [0.2, 0.25) is 0 Å². The second-order valence-corrected chi connectivity index (χ2v) is 5.06. The van der Waals surface area contributed by atoms with Crippen LogP contribution >= 0.6 is 15.9 Å². The number of carbonyl (C=O) groups is 1. The van der Waals surface area contributed by atoms with E-state index in [-0.39, 0.29) is 17.5 Å². The molecule has 1 amide bonds. The molecule has 0 saturated carbocycles. The molecule has 0 radical (unpaired) electrons. The van der Waals surface area contributed by atoms with Crippen molar-refractivity contribution in [3.05, 3.63) is 35.4 Å². The number of nitrogens with zero attached hydrogens (tertiary/aromatic N) is 1. The molecule has 1 rings (SSSR count). The molecule has 0 spiro atoms. The summed E-state index contributed by atoms with van der Waals surface area (Å²) in [5.41, 5.74) is 0.178. The Balaban J connectivity index is 2.91. The van der Waals surface area contributed by atoms with Crippen molar-refractivity contribution in [3.63, 3.8) is 0 Å². The predicted octanol–water partition coefficient (Wildman–Crippen LogP) is 3.60. The molecule has 0 aromatic heterocycles. The van der Waals surface area contributed by atoms with Gasteiger partial charge in [0.05, 0.1) is 0 Å². The van der Waals surface area contributed by atoms with E-state index in [0.29, 0.717) is 6.54 Å². The van der Waals surface area contributed by atoms with Gasteiger partial charge in [-0.25, -0.2) is 8.78 Å². The van der Waals surface area contributed by atoms with Crippen molar-refractivity contribution in [1.82, 2.24) is 4.90 Å². The molecule has 100 valence electrons. The zero-order chi connectivity index (χ0) is 13.7. The Labute approximate surface area is 114 Å². The SMILES string of the molecule is CC(C)N(CCCBr)C(=O)c1ccc(F)c(F)c1. The number of halogens is 3. The van der Waals surface area contributed by atoms with Crippen molar-refractivity contribution in [1.29, 1.82) is 0 Å². The van der Waals surface area contributed by atoms with Crippen molar-refractivity contribution in [2.75, 3.05) is 11.9 Å². The van der Waals surface area contributed by atoms with Gasteiger partial charge >= 0.3 is 0 Å². The molecule has 5 heteroatoms. The summed E-state index contributed by atoms with van der Waals surface area (Å²) in [6, 6.07) is 3.25. The minimum atomic E-state index is -0.995. The van der Waals surface area contributed by atoms with Crippen LogP contribution in [0.5, 0.6) is 0 Å². The summed E-state index contributed by atoms with van der Waals surface area (Å²) in [6.07, 6.45) is 0.813. The Bertz CT molecular complexity index is 423. The fraction of sp³-hybridized carbons (Fsp3) is 0.462. The monoisotopic (exact) mass is 319 g/mol. The van der Waals surface area contributed by atoms with Crippen LogP contribution in [0.25, 0.3) is 0 Å². The smallest absolute Gasteiger partial charge is 0.254 e. The minimum absolute atomic E-state index is 0.0182. The lowest BCUT2D eigenvalue weighted by Crippen LogP contribution is -2.38. The molecular weight excluding hydrogens is 304 g/mol. The summed E-state index contributed by atoms with van der Waals surface area (Å²) in [4.78, 5) is 13.8. The van der Waals surface area contributed by atoms with Crippen LogP contribution < -0.4 is 0 Å². The molecule has 0 bridgehead atoms. The van der Waals surface area contributed by atoms with Crippen LogP contribution in [0.15, 0.2) is 18.2 Å². The Kier molecular flexibility index (Phi) is 5.72. The number of amides is 1.